The summed E-state index contributed by atoms with van der Waals surface area (Å²) in [5, 5.41) is 12.2. The van der Waals surface area contributed by atoms with Gasteiger partial charge in [-0.15, -0.1) is 0 Å². The monoisotopic (exact) mass is 502 g/mol. The van der Waals surface area contributed by atoms with Crippen LogP contribution in [0.25, 0.3) is 11.0 Å². The van der Waals surface area contributed by atoms with Crippen molar-refractivity contribution >= 4 is 34.5 Å². The predicted molar refractivity (Wildman–Crippen MR) is 137 cm³/mol. The molecule has 0 bridgehead atoms. The molecule has 0 saturated heterocycles. The van der Waals surface area contributed by atoms with Gasteiger partial charge in [-0.1, -0.05) is 18.7 Å². The number of aromatic nitrogens is 4. The van der Waals surface area contributed by atoms with Gasteiger partial charge in [0, 0.05) is 25.4 Å². The van der Waals surface area contributed by atoms with Crippen LogP contribution in [-0.4, -0.2) is 70.9 Å². The van der Waals surface area contributed by atoms with Gasteiger partial charge in [0.25, 0.3) is 5.91 Å². The van der Waals surface area contributed by atoms with Gasteiger partial charge in [-0.25, -0.2) is 14.6 Å². The molecule has 11 heteroatoms. The number of carbonyl (C=O) groups is 1. The Labute approximate surface area is 210 Å². The molecule has 190 valence electrons. The molecule has 0 unspecified atom stereocenters. The zero-order valence-corrected chi connectivity index (χ0v) is 21.4. The summed E-state index contributed by atoms with van der Waals surface area (Å²) in [5.74, 6) is 2.85. The fraction of sp³-hybridized carbons (Fsp3) is 0.500. The van der Waals surface area contributed by atoms with Crippen molar-refractivity contribution in [3.05, 3.63) is 30.5 Å². The van der Waals surface area contributed by atoms with Gasteiger partial charge in [0.2, 0.25) is 0 Å². The van der Waals surface area contributed by atoms with E-state index in [0.717, 1.165) is 34.8 Å². The molecule has 0 aliphatic heterocycles. The molecule has 3 rings (SSSR count). The minimum atomic E-state index is -0.206. The number of anilines is 1. The second-order valence-electron chi connectivity index (χ2n) is 7.47. The number of benzene rings is 1. The van der Waals surface area contributed by atoms with E-state index in [-0.39, 0.29) is 12.5 Å². The molecule has 1 amide bonds. The number of rotatable bonds is 16. The van der Waals surface area contributed by atoms with Gasteiger partial charge < -0.3 is 24.8 Å². The van der Waals surface area contributed by atoms with Crippen molar-refractivity contribution in [2.45, 2.75) is 38.9 Å². The van der Waals surface area contributed by atoms with Crippen LogP contribution in [0.3, 0.4) is 0 Å². The summed E-state index contributed by atoms with van der Waals surface area (Å²) >= 11 is 1.61. The Kier molecular flexibility index (Phi) is 10.9. The third-order valence-corrected chi connectivity index (χ3v) is 5.86. The lowest BCUT2D eigenvalue weighted by Gasteiger charge is -2.10. The first-order valence-electron chi connectivity index (χ1n) is 11.9. The van der Waals surface area contributed by atoms with E-state index in [0.29, 0.717) is 50.4 Å². The normalized spacial score (nSPS) is 10.9. The molecule has 3 aromatic rings. The number of amides is 1. The van der Waals surface area contributed by atoms with Crippen molar-refractivity contribution in [3.63, 3.8) is 0 Å². The molecule has 2 N–H and O–H groups in total. The van der Waals surface area contributed by atoms with E-state index >= 15 is 0 Å². The second kappa shape index (κ2) is 14.4. The van der Waals surface area contributed by atoms with E-state index in [4.69, 9.17) is 19.2 Å². The second-order valence-corrected chi connectivity index (χ2v) is 8.54. The van der Waals surface area contributed by atoms with E-state index in [1.54, 1.807) is 34.8 Å². The van der Waals surface area contributed by atoms with Crippen LogP contribution in [0.4, 0.5) is 5.82 Å². The number of nitrogens with one attached hydrogen (secondary N) is 2. The first-order valence-corrected chi connectivity index (χ1v) is 12.9. The van der Waals surface area contributed by atoms with Crippen molar-refractivity contribution in [2.75, 3.05) is 50.6 Å². The van der Waals surface area contributed by atoms with Crippen molar-refractivity contribution in [3.8, 4) is 11.5 Å². The van der Waals surface area contributed by atoms with E-state index in [9.17, 15) is 4.79 Å². The Hall–Kier alpha value is -3.05. The Morgan fingerprint density at radius 2 is 1.80 bits per heavy atom. The Morgan fingerprint density at radius 3 is 2.51 bits per heavy atom. The maximum Gasteiger partial charge on any atom is 0.258 e. The first-order chi connectivity index (χ1) is 17.1. The van der Waals surface area contributed by atoms with Crippen LogP contribution in [0.15, 0.2) is 35.6 Å². The number of fused-ring (bicyclic) bond motifs is 1. The smallest absolute Gasteiger partial charge is 0.258 e. The SMILES string of the molecule is CCCSc1nc(NCCOCC)c2cnn(CCNC(=O)COc3ccc(OCC)cc3)c2n1. The number of thioether (sulfide) groups is 1. The minimum absolute atomic E-state index is 0.0677. The Balaban J connectivity index is 1.56. The molecule has 1 aromatic carbocycles. The van der Waals surface area contributed by atoms with Crippen LogP contribution >= 0.6 is 11.8 Å². The maximum atomic E-state index is 12.2. The third kappa shape index (κ3) is 8.29. The number of carbonyl (C=O) groups excluding carboxylic acids is 1. The topological polar surface area (TPSA) is 112 Å². The largest absolute Gasteiger partial charge is 0.494 e. The van der Waals surface area contributed by atoms with Crippen molar-refractivity contribution in [1.29, 1.82) is 0 Å². The van der Waals surface area contributed by atoms with Crippen molar-refractivity contribution in [2.24, 2.45) is 0 Å². The fourth-order valence-electron chi connectivity index (χ4n) is 3.18. The molecule has 0 radical (unpaired) electrons. The predicted octanol–water partition coefficient (Wildman–Crippen LogP) is 3.37. The molecule has 0 saturated carbocycles. The van der Waals surface area contributed by atoms with Gasteiger partial charge in [0.1, 0.15) is 17.3 Å². The fourth-order valence-corrected chi connectivity index (χ4v) is 3.87. The van der Waals surface area contributed by atoms with Gasteiger partial charge in [-0.3, -0.25) is 4.79 Å². The van der Waals surface area contributed by atoms with Crippen LogP contribution in [0.5, 0.6) is 11.5 Å². The lowest BCUT2D eigenvalue weighted by molar-refractivity contribution is -0.123. The van der Waals surface area contributed by atoms with Gasteiger partial charge in [-0.05, 0) is 44.5 Å². The lowest BCUT2D eigenvalue weighted by atomic mass is 10.3. The molecule has 35 heavy (non-hydrogen) atoms. The van der Waals surface area contributed by atoms with Crippen molar-refractivity contribution < 1.29 is 19.0 Å². The molecule has 0 aliphatic carbocycles. The maximum absolute atomic E-state index is 12.2. The summed E-state index contributed by atoms with van der Waals surface area (Å²) < 4.78 is 18.2. The Morgan fingerprint density at radius 1 is 1.03 bits per heavy atom. The highest BCUT2D eigenvalue weighted by molar-refractivity contribution is 7.99. The van der Waals surface area contributed by atoms with E-state index in [1.807, 2.05) is 26.0 Å². The molecule has 2 aromatic heterocycles. The number of ether oxygens (including phenoxy) is 3. The van der Waals surface area contributed by atoms with Crippen LogP contribution in [0, 0.1) is 0 Å². The summed E-state index contributed by atoms with van der Waals surface area (Å²) in [5.41, 5.74) is 0.734. The van der Waals surface area contributed by atoms with Gasteiger partial charge in [-0.2, -0.15) is 5.10 Å². The molecule has 10 nitrogen and oxygen atoms in total. The summed E-state index contributed by atoms with van der Waals surface area (Å²) in [6.45, 7) is 9.35. The van der Waals surface area contributed by atoms with E-state index in [1.165, 1.54) is 0 Å². The summed E-state index contributed by atoms with van der Waals surface area (Å²) in [6, 6.07) is 7.19. The Bertz CT molecular complexity index is 1060. The van der Waals surface area contributed by atoms with Gasteiger partial charge in [0.05, 0.1) is 31.3 Å². The van der Waals surface area contributed by atoms with E-state index < -0.39 is 0 Å². The third-order valence-electron chi connectivity index (χ3n) is 4.80. The molecule has 0 aliphatic rings. The van der Waals surface area contributed by atoms with Crippen LogP contribution in [0.2, 0.25) is 0 Å². The zero-order valence-electron chi connectivity index (χ0n) is 20.6. The van der Waals surface area contributed by atoms with Gasteiger partial charge in [0.15, 0.2) is 17.4 Å². The van der Waals surface area contributed by atoms with Crippen molar-refractivity contribution in [1.82, 2.24) is 25.1 Å². The standard InChI is InChI=1S/C24H34N6O4S/c1-4-15-35-24-28-22(26-12-14-32-5-2)20-16-27-30(23(20)29-24)13-11-25-21(31)17-34-19-9-7-18(8-10-19)33-6-3/h7-10,16H,4-6,11-15,17H2,1-3H3,(H,25,31)(H,26,28,29). The number of hydrogen-bond acceptors (Lipinski definition) is 9. The molecule has 0 spiro atoms. The van der Waals surface area contributed by atoms with Gasteiger partial charge >= 0.3 is 0 Å². The highest BCUT2D eigenvalue weighted by Gasteiger charge is 2.13. The summed E-state index contributed by atoms with van der Waals surface area (Å²) in [7, 11) is 0. The molecular formula is C24H34N6O4S. The molecule has 0 atom stereocenters. The summed E-state index contributed by atoms with van der Waals surface area (Å²) in [4.78, 5) is 21.6. The number of nitrogens with zero attached hydrogens (tertiary/aromatic N) is 4. The average molecular weight is 503 g/mol. The lowest BCUT2D eigenvalue weighted by Crippen LogP contribution is -2.31. The minimum Gasteiger partial charge on any atom is -0.494 e. The highest BCUT2D eigenvalue weighted by atomic mass is 32.2. The first kappa shape index (κ1) is 26.6. The van der Waals surface area contributed by atoms with E-state index in [2.05, 4.69) is 27.6 Å². The highest BCUT2D eigenvalue weighted by Crippen LogP contribution is 2.24. The van der Waals surface area contributed by atoms with Crippen LogP contribution in [-0.2, 0) is 16.1 Å². The zero-order chi connectivity index (χ0) is 24.9. The van der Waals surface area contributed by atoms with Crippen LogP contribution < -0.4 is 20.1 Å². The number of hydrogen-bond donors (Lipinski definition) is 2. The molecule has 0 fully saturated rings. The summed E-state index contributed by atoms with van der Waals surface area (Å²) in [6.07, 6.45) is 2.78. The molecular weight excluding hydrogens is 468 g/mol. The quantitative estimate of drug-likeness (QED) is 0.173. The average Bonchev–Trinajstić information content (AvgIpc) is 3.28. The van der Waals surface area contributed by atoms with Crippen LogP contribution in [0.1, 0.15) is 27.2 Å². The molecule has 2 heterocycles.